The van der Waals surface area contributed by atoms with E-state index in [0.29, 0.717) is 31.0 Å². The van der Waals surface area contributed by atoms with E-state index in [1.807, 2.05) is 13.1 Å². The maximum Gasteiger partial charge on any atom is 0.256 e. The number of carbonyl (C=O) groups is 1. The Morgan fingerprint density at radius 1 is 1.39 bits per heavy atom. The van der Waals surface area contributed by atoms with Gasteiger partial charge >= 0.3 is 0 Å². The number of sulfonamides is 1. The van der Waals surface area contributed by atoms with Gasteiger partial charge in [0.15, 0.2) is 0 Å². The molecule has 1 aromatic heterocycles. The zero-order valence-electron chi connectivity index (χ0n) is 12.6. The van der Waals surface area contributed by atoms with E-state index in [4.69, 9.17) is 0 Å². The molecule has 3 rings (SSSR count). The summed E-state index contributed by atoms with van der Waals surface area (Å²) in [6, 6.07) is 0. The first-order valence-electron chi connectivity index (χ1n) is 7.19. The molecule has 1 amide bonds. The molecular formula is C14H17N5O3S. The zero-order chi connectivity index (χ0) is 16.4. The summed E-state index contributed by atoms with van der Waals surface area (Å²) >= 11 is 0. The Hall–Kier alpha value is -2.42. The number of aryl methyl sites for hydroxylation is 1. The van der Waals surface area contributed by atoms with Gasteiger partial charge in [0, 0.05) is 25.5 Å². The Kier molecular flexibility index (Phi) is 4.03. The Morgan fingerprint density at radius 3 is 2.96 bits per heavy atom. The molecule has 0 atom stereocenters. The monoisotopic (exact) mass is 335 g/mol. The van der Waals surface area contributed by atoms with Crippen molar-refractivity contribution in [1.82, 2.24) is 20.0 Å². The van der Waals surface area contributed by atoms with Gasteiger partial charge in [0.25, 0.3) is 15.9 Å². The second-order valence-corrected chi connectivity index (χ2v) is 7.14. The highest BCUT2D eigenvalue weighted by Crippen LogP contribution is 2.15. The van der Waals surface area contributed by atoms with Crippen LogP contribution in [0.2, 0.25) is 0 Å². The van der Waals surface area contributed by atoms with Crippen LogP contribution in [0.4, 0.5) is 0 Å². The van der Waals surface area contributed by atoms with Crippen molar-refractivity contribution in [2.45, 2.75) is 13.5 Å². The van der Waals surface area contributed by atoms with Crippen molar-refractivity contribution in [1.29, 1.82) is 0 Å². The van der Waals surface area contributed by atoms with Crippen molar-refractivity contribution in [3.63, 3.8) is 0 Å². The Labute approximate surface area is 134 Å². The fourth-order valence-corrected chi connectivity index (χ4v) is 3.28. The maximum atomic E-state index is 12.2. The molecule has 8 nitrogen and oxygen atoms in total. The third-order valence-corrected chi connectivity index (χ3v) is 4.64. The van der Waals surface area contributed by atoms with Gasteiger partial charge in [-0.2, -0.15) is 5.10 Å². The highest BCUT2D eigenvalue weighted by Gasteiger charge is 2.24. The second-order valence-electron chi connectivity index (χ2n) is 5.38. The Morgan fingerprint density at radius 2 is 2.22 bits per heavy atom. The summed E-state index contributed by atoms with van der Waals surface area (Å²) in [5.74, 6) is 0.0893. The van der Waals surface area contributed by atoms with Gasteiger partial charge in [-0.25, -0.2) is 8.42 Å². The standard InChI is InChI=1S/C14H17N5O3S/c1-11-8-16-19(9-11)5-4-15-14(20)12-2-3-13-17-23(21,22)7-6-18(13)10-12/h2-3,8-10H,4-7H2,1H3,(H,15,20). The third kappa shape index (κ3) is 3.67. The Bertz CT molecular complexity index is 819. The molecule has 23 heavy (non-hydrogen) atoms. The van der Waals surface area contributed by atoms with E-state index in [2.05, 4.69) is 14.8 Å². The molecule has 2 aliphatic heterocycles. The van der Waals surface area contributed by atoms with Crippen LogP contribution in [0.15, 0.2) is 40.7 Å². The Balaban J connectivity index is 1.59. The minimum absolute atomic E-state index is 0.0472. The number of hydrogen-bond acceptors (Lipinski definition) is 5. The van der Waals surface area contributed by atoms with Crippen LogP contribution in [0.5, 0.6) is 0 Å². The molecule has 0 saturated heterocycles. The van der Waals surface area contributed by atoms with E-state index in [1.165, 1.54) is 0 Å². The first-order chi connectivity index (χ1) is 10.9. The third-order valence-electron chi connectivity index (χ3n) is 3.47. The lowest BCUT2D eigenvalue weighted by molar-refractivity contribution is -0.117. The van der Waals surface area contributed by atoms with Gasteiger partial charge in [0.05, 0.1) is 24.1 Å². The smallest absolute Gasteiger partial charge is 0.256 e. The van der Waals surface area contributed by atoms with Crippen LogP contribution in [0.1, 0.15) is 5.56 Å². The van der Waals surface area contributed by atoms with Gasteiger partial charge in [-0.3, -0.25) is 9.48 Å². The van der Waals surface area contributed by atoms with Gasteiger partial charge in [0.2, 0.25) is 0 Å². The number of nitrogens with zero attached hydrogens (tertiary/aromatic N) is 4. The SMILES string of the molecule is Cc1cnn(CCNC(=O)C2=CN3CCS(=O)(=O)N=C3C=C2)c1. The molecule has 122 valence electrons. The summed E-state index contributed by atoms with van der Waals surface area (Å²) in [6.45, 7) is 3.30. The number of aromatic nitrogens is 2. The number of carbonyl (C=O) groups excluding carboxylic acids is 1. The van der Waals surface area contributed by atoms with Crippen LogP contribution in [0, 0.1) is 6.92 Å². The number of amides is 1. The summed E-state index contributed by atoms with van der Waals surface area (Å²) in [5.41, 5.74) is 1.54. The van der Waals surface area contributed by atoms with E-state index in [0.717, 1.165) is 5.56 Å². The van der Waals surface area contributed by atoms with Crippen molar-refractivity contribution < 1.29 is 13.2 Å². The predicted molar refractivity (Wildman–Crippen MR) is 85.1 cm³/mol. The van der Waals surface area contributed by atoms with E-state index in [1.54, 1.807) is 34.1 Å². The molecule has 0 unspecified atom stereocenters. The van der Waals surface area contributed by atoms with Gasteiger partial charge < -0.3 is 10.2 Å². The largest absolute Gasteiger partial charge is 0.350 e. The average molecular weight is 335 g/mol. The topological polar surface area (TPSA) is 96.7 Å². The van der Waals surface area contributed by atoms with Crippen LogP contribution in [0.25, 0.3) is 0 Å². The minimum Gasteiger partial charge on any atom is -0.350 e. The summed E-state index contributed by atoms with van der Waals surface area (Å²) in [5, 5.41) is 6.97. The molecule has 9 heteroatoms. The van der Waals surface area contributed by atoms with Crippen LogP contribution < -0.4 is 5.32 Å². The molecule has 0 bridgehead atoms. The quantitative estimate of drug-likeness (QED) is 0.822. The molecule has 0 radical (unpaired) electrons. The lowest BCUT2D eigenvalue weighted by Crippen LogP contribution is -2.38. The molecule has 0 fully saturated rings. The first-order valence-corrected chi connectivity index (χ1v) is 8.80. The predicted octanol–water partition coefficient (Wildman–Crippen LogP) is -0.195. The molecule has 3 heterocycles. The molecular weight excluding hydrogens is 318 g/mol. The number of amidine groups is 1. The maximum absolute atomic E-state index is 12.2. The van der Waals surface area contributed by atoms with Gasteiger partial charge in [-0.1, -0.05) is 0 Å². The highest BCUT2D eigenvalue weighted by atomic mass is 32.2. The van der Waals surface area contributed by atoms with E-state index >= 15 is 0 Å². The van der Waals surface area contributed by atoms with Crippen molar-refractivity contribution in [2.24, 2.45) is 4.40 Å². The van der Waals surface area contributed by atoms with E-state index in [-0.39, 0.29) is 11.7 Å². The average Bonchev–Trinajstić information content (AvgIpc) is 2.91. The minimum atomic E-state index is -3.38. The normalized spacial score (nSPS) is 18.9. The lowest BCUT2D eigenvalue weighted by atomic mass is 10.2. The van der Waals surface area contributed by atoms with Crippen LogP contribution in [-0.2, 0) is 21.4 Å². The molecule has 1 aromatic rings. The molecule has 0 spiro atoms. The van der Waals surface area contributed by atoms with Crippen molar-refractivity contribution >= 4 is 21.8 Å². The van der Waals surface area contributed by atoms with Crippen LogP contribution >= 0.6 is 0 Å². The number of fused-ring (bicyclic) bond motifs is 1. The molecule has 0 aromatic carbocycles. The summed E-state index contributed by atoms with van der Waals surface area (Å²) < 4.78 is 28.3. The number of rotatable bonds is 4. The fourth-order valence-electron chi connectivity index (χ4n) is 2.31. The van der Waals surface area contributed by atoms with E-state index in [9.17, 15) is 13.2 Å². The molecule has 0 aliphatic carbocycles. The first kappa shape index (κ1) is 15.5. The van der Waals surface area contributed by atoms with Crippen LogP contribution in [0.3, 0.4) is 0 Å². The summed E-state index contributed by atoms with van der Waals surface area (Å²) in [4.78, 5) is 13.8. The number of nitrogens with one attached hydrogen (secondary N) is 1. The fraction of sp³-hybridized carbons (Fsp3) is 0.357. The van der Waals surface area contributed by atoms with E-state index < -0.39 is 10.0 Å². The van der Waals surface area contributed by atoms with Crippen molar-refractivity contribution in [2.75, 3.05) is 18.8 Å². The molecule has 1 N–H and O–H groups in total. The van der Waals surface area contributed by atoms with Gasteiger partial charge in [-0.15, -0.1) is 4.40 Å². The second kappa shape index (κ2) is 5.99. The highest BCUT2D eigenvalue weighted by molar-refractivity contribution is 7.90. The van der Waals surface area contributed by atoms with Crippen LogP contribution in [-0.4, -0.2) is 53.7 Å². The number of hydrogen-bond donors (Lipinski definition) is 1. The van der Waals surface area contributed by atoms with Gasteiger partial charge in [0.1, 0.15) is 5.84 Å². The zero-order valence-corrected chi connectivity index (χ0v) is 13.5. The van der Waals surface area contributed by atoms with Gasteiger partial charge in [-0.05, 0) is 24.6 Å². The summed E-state index contributed by atoms with van der Waals surface area (Å²) in [6.07, 6.45) is 8.41. The van der Waals surface area contributed by atoms with Crippen molar-refractivity contribution in [3.8, 4) is 0 Å². The molecule has 2 aliphatic rings. The lowest BCUT2D eigenvalue weighted by Gasteiger charge is -2.26. The molecule has 0 saturated carbocycles. The summed E-state index contributed by atoms with van der Waals surface area (Å²) in [7, 11) is -3.38. The van der Waals surface area contributed by atoms with Crippen molar-refractivity contribution in [3.05, 3.63) is 41.9 Å².